The van der Waals surface area contributed by atoms with Gasteiger partial charge in [0, 0.05) is 18.5 Å². The molecular weight excluding hydrogens is 417 g/mol. The average Bonchev–Trinajstić information content (AvgIpc) is 2.63. The van der Waals surface area contributed by atoms with Crippen molar-refractivity contribution in [3.63, 3.8) is 0 Å². The number of nitrogens with zero attached hydrogens (tertiary/aromatic N) is 3. The number of aromatic nitrogens is 2. The third kappa shape index (κ3) is 4.27. The Balaban J connectivity index is 2.63. The first-order chi connectivity index (χ1) is 13.0. The van der Waals surface area contributed by atoms with Gasteiger partial charge in [-0.15, -0.1) is 11.8 Å². The van der Waals surface area contributed by atoms with Crippen LogP contribution in [0.5, 0.6) is 0 Å². The van der Waals surface area contributed by atoms with Gasteiger partial charge in [0.2, 0.25) is 0 Å². The summed E-state index contributed by atoms with van der Waals surface area (Å²) in [5.41, 5.74) is 2.72. The number of hydrogen-bond donors (Lipinski definition) is 1. The largest absolute Gasteiger partial charge is 0.431 e. The van der Waals surface area contributed by atoms with Gasteiger partial charge >= 0.3 is 6.18 Å². The Morgan fingerprint density at radius 2 is 2.00 bits per heavy atom. The molecule has 2 N–H and O–H groups in total. The van der Waals surface area contributed by atoms with Crippen molar-refractivity contribution in [3.05, 3.63) is 45.1 Å². The highest BCUT2D eigenvalue weighted by Crippen LogP contribution is 2.33. The number of rotatable bonds is 5. The van der Waals surface area contributed by atoms with Crippen LogP contribution >= 0.6 is 23.4 Å². The Hall–Kier alpha value is -2.20. The molecule has 0 atom stereocenters. The van der Waals surface area contributed by atoms with E-state index in [4.69, 9.17) is 17.3 Å². The molecule has 28 heavy (non-hydrogen) atoms. The second-order valence-electron chi connectivity index (χ2n) is 5.65. The molecule has 0 bridgehead atoms. The number of carbonyl (C=O) groups is 1. The van der Waals surface area contributed by atoms with Crippen LogP contribution in [0.3, 0.4) is 0 Å². The van der Waals surface area contributed by atoms with E-state index < -0.39 is 29.0 Å². The maximum atomic E-state index is 13.4. The summed E-state index contributed by atoms with van der Waals surface area (Å²) in [6.07, 6.45) is -4.79. The van der Waals surface area contributed by atoms with Crippen LogP contribution in [0.25, 0.3) is 0 Å². The van der Waals surface area contributed by atoms with Gasteiger partial charge in [-0.25, -0.2) is 4.98 Å². The number of halogens is 4. The fourth-order valence-electron chi connectivity index (χ4n) is 2.59. The lowest BCUT2D eigenvalue weighted by Gasteiger charge is -2.23. The van der Waals surface area contributed by atoms with Crippen LogP contribution in [0.4, 0.5) is 24.5 Å². The quantitative estimate of drug-likeness (QED) is 0.570. The highest BCUT2D eigenvalue weighted by molar-refractivity contribution is 7.99. The van der Waals surface area contributed by atoms with Gasteiger partial charge in [-0.1, -0.05) is 18.5 Å². The van der Waals surface area contributed by atoms with E-state index >= 15 is 0 Å². The molecule has 0 aliphatic carbocycles. The summed E-state index contributed by atoms with van der Waals surface area (Å²) in [5, 5.41) is 0.0579. The lowest BCUT2D eigenvalue weighted by atomic mass is 10.2. The lowest BCUT2D eigenvalue weighted by molar-refractivity contribution is -0.144. The molecule has 0 aliphatic heterocycles. The summed E-state index contributed by atoms with van der Waals surface area (Å²) in [4.78, 5) is 30.6. The number of anilines is 2. The van der Waals surface area contributed by atoms with Crippen molar-refractivity contribution in [2.45, 2.75) is 31.5 Å². The fourth-order valence-corrected chi connectivity index (χ4v) is 3.48. The van der Waals surface area contributed by atoms with Crippen molar-refractivity contribution in [1.82, 2.24) is 9.55 Å². The van der Waals surface area contributed by atoms with Crippen molar-refractivity contribution in [3.8, 4) is 0 Å². The lowest BCUT2D eigenvalue weighted by Crippen LogP contribution is -2.35. The molecule has 0 spiro atoms. The molecule has 11 heteroatoms. The third-order valence-electron chi connectivity index (χ3n) is 3.92. The first kappa shape index (κ1) is 22.1. The monoisotopic (exact) mass is 434 g/mol. The van der Waals surface area contributed by atoms with Crippen LogP contribution < -0.4 is 16.2 Å². The van der Waals surface area contributed by atoms with Crippen LogP contribution in [0.2, 0.25) is 5.15 Å². The molecule has 2 rings (SSSR count). The number of alkyl halides is 3. The van der Waals surface area contributed by atoms with Gasteiger partial charge in [-0.2, -0.15) is 13.2 Å². The number of hydrogen-bond acceptors (Lipinski definition) is 5. The zero-order valence-corrected chi connectivity index (χ0v) is 16.9. The van der Waals surface area contributed by atoms with Gasteiger partial charge in [0.1, 0.15) is 22.2 Å². The van der Waals surface area contributed by atoms with Crippen molar-refractivity contribution in [1.29, 1.82) is 0 Å². The zero-order valence-electron chi connectivity index (χ0n) is 15.3. The summed E-state index contributed by atoms with van der Waals surface area (Å²) in [6.45, 7) is 3.05. The van der Waals surface area contributed by atoms with Crippen LogP contribution in [0.1, 0.15) is 30.0 Å². The fraction of sp³-hybridized carbons (Fsp3) is 0.353. The maximum Gasteiger partial charge on any atom is 0.431 e. The van der Waals surface area contributed by atoms with Crippen LogP contribution in [-0.4, -0.2) is 28.3 Å². The molecule has 6 nitrogen and oxygen atoms in total. The second-order valence-corrected chi connectivity index (χ2v) is 7.35. The molecule has 1 amide bonds. The molecule has 2 aromatic heterocycles. The summed E-state index contributed by atoms with van der Waals surface area (Å²) in [5.74, 6) is -0.0906. The number of nitrogens with two attached hydrogens (primary N) is 1. The predicted octanol–water partition coefficient (Wildman–Crippen LogP) is 3.91. The van der Waals surface area contributed by atoms with Crippen molar-refractivity contribution >= 4 is 40.6 Å². The molecule has 0 aliphatic rings. The van der Waals surface area contributed by atoms with Gasteiger partial charge in [0.15, 0.2) is 0 Å². The van der Waals surface area contributed by atoms with Crippen molar-refractivity contribution < 1.29 is 18.0 Å². The minimum atomic E-state index is -4.79. The van der Waals surface area contributed by atoms with Gasteiger partial charge in [-0.3, -0.25) is 9.59 Å². The number of thioether (sulfide) groups is 1. The number of amides is 1. The predicted molar refractivity (Wildman–Crippen MR) is 104 cm³/mol. The van der Waals surface area contributed by atoms with E-state index in [0.717, 1.165) is 4.90 Å². The average molecular weight is 435 g/mol. The Morgan fingerprint density at radius 1 is 1.36 bits per heavy atom. The van der Waals surface area contributed by atoms with Gasteiger partial charge < -0.3 is 15.2 Å². The minimum Gasteiger partial charge on any atom is -0.393 e. The normalized spacial score (nSPS) is 11.5. The first-order valence-corrected chi connectivity index (χ1v) is 9.57. The van der Waals surface area contributed by atoms with Crippen molar-refractivity contribution in [2.75, 3.05) is 23.4 Å². The van der Waals surface area contributed by atoms with Gasteiger partial charge in [0.05, 0.1) is 5.69 Å². The second kappa shape index (κ2) is 8.44. The molecule has 0 unspecified atom stereocenters. The molecule has 0 saturated heterocycles. The Morgan fingerprint density at radius 3 is 2.54 bits per heavy atom. The molecule has 0 fully saturated rings. The minimum absolute atomic E-state index is 0.0329. The Labute approximate surface area is 168 Å². The third-order valence-corrected chi connectivity index (χ3v) is 5.05. The first-order valence-electron chi connectivity index (χ1n) is 8.20. The summed E-state index contributed by atoms with van der Waals surface area (Å²) in [6, 6.07) is 3.80. The number of pyridine rings is 2. The summed E-state index contributed by atoms with van der Waals surface area (Å²) in [7, 11) is 1.23. The molecular formula is C17H18ClF3N4O2S. The Kier molecular flexibility index (Phi) is 6.66. The molecule has 0 saturated carbocycles. The Bertz CT molecular complexity index is 963. The standard InChI is InChI=1S/C17H18ClF3N4O2S/c1-4-25-11(17(19,20)21)8-9(13(22)15(25)26)24(3)16(27)14-10(28-5-2)6-7-12(18)23-14/h6-8H,4-5,22H2,1-3H3. The molecule has 2 heterocycles. The van der Waals surface area contributed by atoms with E-state index in [0.29, 0.717) is 21.3 Å². The SMILES string of the molecule is CCSc1ccc(Cl)nc1C(=O)N(C)c1cc(C(F)(F)F)n(CC)c(=O)c1N. The smallest absolute Gasteiger partial charge is 0.393 e. The van der Waals surface area contributed by atoms with E-state index in [-0.39, 0.29) is 23.1 Å². The number of nitrogen functional groups attached to an aromatic ring is 1. The zero-order chi connectivity index (χ0) is 21.2. The highest BCUT2D eigenvalue weighted by Gasteiger charge is 2.36. The van der Waals surface area contributed by atoms with E-state index in [1.165, 1.54) is 31.8 Å². The summed E-state index contributed by atoms with van der Waals surface area (Å²) < 4.78 is 40.7. The molecule has 0 radical (unpaired) electrons. The van der Waals surface area contributed by atoms with E-state index in [9.17, 15) is 22.8 Å². The van der Waals surface area contributed by atoms with Crippen LogP contribution in [-0.2, 0) is 12.7 Å². The van der Waals surface area contributed by atoms with E-state index in [2.05, 4.69) is 4.98 Å². The van der Waals surface area contributed by atoms with E-state index in [1.54, 1.807) is 6.07 Å². The van der Waals surface area contributed by atoms with Gasteiger partial charge in [-0.05, 0) is 30.9 Å². The molecule has 2 aromatic rings. The highest BCUT2D eigenvalue weighted by atomic mass is 35.5. The summed E-state index contributed by atoms with van der Waals surface area (Å²) >= 11 is 7.20. The number of carbonyl (C=O) groups excluding carboxylic acids is 1. The molecule has 0 aromatic carbocycles. The maximum absolute atomic E-state index is 13.4. The molecule has 152 valence electrons. The van der Waals surface area contributed by atoms with Crippen molar-refractivity contribution in [2.24, 2.45) is 0 Å². The topological polar surface area (TPSA) is 81.2 Å². The van der Waals surface area contributed by atoms with Crippen LogP contribution in [0, 0.1) is 0 Å². The van der Waals surface area contributed by atoms with E-state index in [1.807, 2.05) is 6.92 Å². The van der Waals surface area contributed by atoms with Gasteiger partial charge in [0.25, 0.3) is 11.5 Å². The van der Waals surface area contributed by atoms with Crippen LogP contribution in [0.15, 0.2) is 27.9 Å².